The van der Waals surface area contributed by atoms with Crippen LogP contribution in [0.2, 0.25) is 0 Å². The van der Waals surface area contributed by atoms with Gasteiger partial charge in [-0.3, -0.25) is 4.79 Å². The number of anilines is 1. The van der Waals surface area contributed by atoms with Crippen molar-refractivity contribution in [2.24, 2.45) is 0 Å². The van der Waals surface area contributed by atoms with Gasteiger partial charge in [-0.05, 0) is 12.1 Å². The molecule has 1 atom stereocenters. The number of amides is 1. The van der Waals surface area contributed by atoms with Crippen molar-refractivity contribution >= 4 is 29.1 Å². The average molecular weight is 347 g/mol. The molecule has 0 spiro atoms. The number of nitrogens with one attached hydrogen (secondary N) is 1. The molecule has 1 unspecified atom stereocenters. The Kier molecular flexibility index (Phi) is 4.52. The monoisotopic (exact) mass is 347 g/mol. The van der Waals surface area contributed by atoms with Gasteiger partial charge >= 0.3 is 0 Å². The van der Waals surface area contributed by atoms with Crippen LogP contribution in [0.4, 0.5) is 5.82 Å². The van der Waals surface area contributed by atoms with Gasteiger partial charge in [0.1, 0.15) is 12.1 Å². The summed E-state index contributed by atoms with van der Waals surface area (Å²) in [4.78, 5) is 16.7. The Morgan fingerprint density at radius 1 is 1.29 bits per heavy atom. The van der Waals surface area contributed by atoms with Crippen LogP contribution in [-0.2, 0) is 4.79 Å². The van der Waals surface area contributed by atoms with Crippen LogP contribution in [0.15, 0.2) is 18.5 Å². The second kappa shape index (κ2) is 6.94. The standard InChI is InChI=1S/C15H21N7OS/c23-15(9-12-10-24-8-3-16-12)21-6-4-20(5-7-21)14-2-1-13-18-17-11-22(13)19-14/h1-2,11-12,16H,3-10H2. The minimum Gasteiger partial charge on any atom is -0.352 e. The van der Waals surface area contributed by atoms with Gasteiger partial charge in [0.2, 0.25) is 5.91 Å². The highest BCUT2D eigenvalue weighted by Gasteiger charge is 2.25. The summed E-state index contributed by atoms with van der Waals surface area (Å²) in [7, 11) is 0. The summed E-state index contributed by atoms with van der Waals surface area (Å²) in [5, 5.41) is 15.8. The van der Waals surface area contributed by atoms with Crippen molar-refractivity contribution in [3.63, 3.8) is 0 Å². The van der Waals surface area contributed by atoms with Gasteiger partial charge in [0, 0.05) is 56.7 Å². The summed E-state index contributed by atoms with van der Waals surface area (Å²) >= 11 is 1.93. The lowest BCUT2D eigenvalue weighted by Gasteiger charge is -2.36. The number of fused-ring (bicyclic) bond motifs is 1. The first-order valence-electron chi connectivity index (χ1n) is 8.30. The van der Waals surface area contributed by atoms with E-state index in [2.05, 4.69) is 25.5 Å². The highest BCUT2D eigenvalue weighted by atomic mass is 32.2. The summed E-state index contributed by atoms with van der Waals surface area (Å²) in [6.07, 6.45) is 2.21. The van der Waals surface area contributed by atoms with Crippen molar-refractivity contribution in [2.45, 2.75) is 12.5 Å². The number of aromatic nitrogens is 4. The Labute approximate surface area is 144 Å². The minimum absolute atomic E-state index is 0.261. The lowest BCUT2D eigenvalue weighted by molar-refractivity contribution is -0.131. The summed E-state index contributed by atoms with van der Waals surface area (Å²) in [6.45, 7) is 4.12. The number of rotatable bonds is 3. The normalized spacial score (nSPS) is 22.1. The fraction of sp³-hybridized carbons (Fsp3) is 0.600. The zero-order chi connectivity index (χ0) is 16.4. The van der Waals surface area contributed by atoms with E-state index in [-0.39, 0.29) is 5.91 Å². The van der Waals surface area contributed by atoms with Crippen LogP contribution in [0.25, 0.3) is 5.65 Å². The van der Waals surface area contributed by atoms with E-state index in [1.165, 1.54) is 0 Å². The molecule has 8 nitrogen and oxygen atoms in total. The number of carbonyl (C=O) groups excluding carboxylic acids is 1. The zero-order valence-corrected chi connectivity index (χ0v) is 14.3. The Hall–Kier alpha value is -1.87. The van der Waals surface area contributed by atoms with E-state index in [1.54, 1.807) is 10.8 Å². The van der Waals surface area contributed by atoms with Crippen molar-refractivity contribution in [1.29, 1.82) is 0 Å². The van der Waals surface area contributed by atoms with Crippen LogP contribution in [-0.4, -0.2) is 80.9 Å². The number of carbonyl (C=O) groups is 1. The van der Waals surface area contributed by atoms with E-state index in [0.717, 1.165) is 55.7 Å². The molecule has 0 saturated carbocycles. The third-order valence-electron chi connectivity index (χ3n) is 4.52. The highest BCUT2D eigenvalue weighted by molar-refractivity contribution is 7.99. The molecule has 2 saturated heterocycles. The van der Waals surface area contributed by atoms with Gasteiger partial charge in [-0.15, -0.1) is 15.3 Å². The Morgan fingerprint density at radius 2 is 2.17 bits per heavy atom. The van der Waals surface area contributed by atoms with Crippen LogP contribution in [0.3, 0.4) is 0 Å². The van der Waals surface area contributed by atoms with Crippen LogP contribution in [0.1, 0.15) is 6.42 Å². The van der Waals surface area contributed by atoms with Gasteiger partial charge in [-0.2, -0.15) is 16.3 Å². The second-order valence-corrected chi connectivity index (χ2v) is 7.27. The third-order valence-corrected chi connectivity index (χ3v) is 5.65. The molecule has 2 fully saturated rings. The summed E-state index contributed by atoms with van der Waals surface area (Å²) in [6, 6.07) is 4.20. The number of piperazine rings is 1. The molecule has 0 aliphatic carbocycles. The number of thioether (sulfide) groups is 1. The van der Waals surface area contributed by atoms with Crippen molar-refractivity contribution < 1.29 is 4.79 Å². The van der Waals surface area contributed by atoms with E-state index >= 15 is 0 Å². The van der Waals surface area contributed by atoms with Crippen molar-refractivity contribution in [3.8, 4) is 0 Å². The predicted octanol–water partition coefficient (Wildman–Crippen LogP) is -0.132. The van der Waals surface area contributed by atoms with E-state index in [0.29, 0.717) is 12.5 Å². The molecule has 128 valence electrons. The second-order valence-electron chi connectivity index (χ2n) is 6.12. The summed E-state index contributed by atoms with van der Waals surface area (Å²) in [5.41, 5.74) is 0.741. The molecule has 0 aromatic carbocycles. The summed E-state index contributed by atoms with van der Waals surface area (Å²) in [5.74, 6) is 3.35. The maximum Gasteiger partial charge on any atom is 0.224 e. The Morgan fingerprint density at radius 3 is 2.96 bits per heavy atom. The molecule has 2 aromatic heterocycles. The van der Waals surface area contributed by atoms with Gasteiger partial charge in [-0.25, -0.2) is 0 Å². The van der Waals surface area contributed by atoms with Gasteiger partial charge in [0.05, 0.1) is 0 Å². The maximum atomic E-state index is 12.5. The lowest BCUT2D eigenvalue weighted by Crippen LogP contribution is -2.51. The fourth-order valence-corrected chi connectivity index (χ4v) is 4.11. The topological polar surface area (TPSA) is 78.7 Å². The van der Waals surface area contributed by atoms with Crippen LogP contribution in [0, 0.1) is 0 Å². The van der Waals surface area contributed by atoms with Crippen LogP contribution in [0.5, 0.6) is 0 Å². The first-order chi connectivity index (χ1) is 11.8. The number of hydrogen-bond donors (Lipinski definition) is 1. The first-order valence-corrected chi connectivity index (χ1v) is 9.46. The Bertz CT molecular complexity index is 707. The highest BCUT2D eigenvalue weighted by Crippen LogP contribution is 2.16. The smallest absolute Gasteiger partial charge is 0.224 e. The molecule has 4 rings (SSSR count). The first kappa shape index (κ1) is 15.6. The van der Waals surface area contributed by atoms with Gasteiger partial charge < -0.3 is 15.1 Å². The van der Waals surface area contributed by atoms with Gasteiger partial charge in [0.25, 0.3) is 0 Å². The molecule has 0 radical (unpaired) electrons. The van der Waals surface area contributed by atoms with Gasteiger partial charge in [-0.1, -0.05) is 0 Å². The maximum absolute atomic E-state index is 12.5. The van der Waals surface area contributed by atoms with E-state index < -0.39 is 0 Å². The van der Waals surface area contributed by atoms with Crippen LogP contribution < -0.4 is 10.2 Å². The fourth-order valence-electron chi connectivity index (χ4n) is 3.16. The molecule has 9 heteroatoms. The van der Waals surface area contributed by atoms with E-state index in [4.69, 9.17) is 0 Å². The molecular formula is C15H21N7OS. The van der Waals surface area contributed by atoms with Crippen molar-refractivity contribution in [2.75, 3.05) is 49.1 Å². The molecule has 4 heterocycles. The SMILES string of the molecule is O=C(CC1CSCCN1)N1CCN(c2ccc3nncn3n2)CC1. The minimum atomic E-state index is 0.261. The molecule has 1 amide bonds. The Balaban J connectivity index is 1.33. The summed E-state index contributed by atoms with van der Waals surface area (Å²) < 4.78 is 1.68. The molecule has 0 bridgehead atoms. The molecule has 2 aliphatic rings. The van der Waals surface area contributed by atoms with E-state index in [9.17, 15) is 4.79 Å². The lowest BCUT2D eigenvalue weighted by atomic mass is 10.2. The third kappa shape index (κ3) is 3.32. The molecule has 24 heavy (non-hydrogen) atoms. The van der Waals surface area contributed by atoms with Crippen LogP contribution >= 0.6 is 11.8 Å². The molecular weight excluding hydrogens is 326 g/mol. The quantitative estimate of drug-likeness (QED) is 0.828. The predicted molar refractivity (Wildman–Crippen MR) is 93.3 cm³/mol. The number of hydrogen-bond acceptors (Lipinski definition) is 7. The van der Waals surface area contributed by atoms with E-state index in [1.807, 2.05) is 28.8 Å². The number of nitrogens with zero attached hydrogens (tertiary/aromatic N) is 6. The average Bonchev–Trinajstić information content (AvgIpc) is 3.10. The van der Waals surface area contributed by atoms with Crippen molar-refractivity contribution in [3.05, 3.63) is 18.5 Å². The largest absolute Gasteiger partial charge is 0.352 e. The molecule has 2 aromatic rings. The molecule has 2 aliphatic heterocycles. The zero-order valence-electron chi connectivity index (χ0n) is 13.5. The molecule has 1 N–H and O–H groups in total. The van der Waals surface area contributed by atoms with Crippen molar-refractivity contribution in [1.82, 2.24) is 30.0 Å². The van der Waals surface area contributed by atoms with Gasteiger partial charge in [0.15, 0.2) is 5.65 Å².